The smallest absolute Gasteiger partial charge is 0.768 e. The average Bonchev–Trinajstić information content (AvgIpc) is 2.93. The van der Waals surface area contributed by atoms with Crippen molar-refractivity contribution in [2.75, 3.05) is 0 Å². The molecule has 206 valence electrons. The van der Waals surface area contributed by atoms with Crippen LogP contribution in [0.25, 0.3) is 5.32 Å². The van der Waals surface area contributed by atoms with Crippen molar-refractivity contribution in [3.05, 3.63) is 142 Å². The summed E-state index contributed by atoms with van der Waals surface area (Å²) < 4.78 is 21.9. The molecule has 1 amide bonds. The topological polar surface area (TPSA) is 97.3 Å². The number of carbonyl (C=O) groups is 1. The minimum atomic E-state index is -2.34. The Morgan fingerprint density at radius 1 is 0.769 bits per heavy atom. The standard InChI is InChI=1S/C21H20N2O3S.C10H14.ClH.Ru/c22-19(15-7-3-1-4-8-15)20(16-9-5-2-6-10-16)23-21(24)17-11-13-18(14-12-17)27(25)26;1-8(2)10-6-4-9(3)5-7-10;;/h1-14,19-20H,22H2,(H2,23,24,25,26);4-8H,1-3H3;1H;/q;;;+2/p-2/t19-,20-;;;/m0.../s1. The largest absolute Gasteiger partial charge is 2.00 e. The third kappa shape index (κ3) is 10.4. The van der Waals surface area contributed by atoms with E-state index in [1.165, 1.54) is 35.4 Å². The Morgan fingerprint density at radius 2 is 1.26 bits per heavy atom. The second-order valence-electron chi connectivity index (χ2n) is 9.05. The van der Waals surface area contributed by atoms with Gasteiger partial charge in [-0.3, -0.25) is 4.21 Å². The number of carbonyl (C=O) groups excluding carboxylic acids is 1. The molecule has 4 aromatic rings. The van der Waals surface area contributed by atoms with E-state index in [1.54, 1.807) is 0 Å². The van der Waals surface area contributed by atoms with Gasteiger partial charge in [0, 0.05) is 10.9 Å². The van der Waals surface area contributed by atoms with E-state index in [9.17, 15) is 13.6 Å². The molecule has 3 atom stereocenters. The first-order chi connectivity index (χ1) is 17.8. The van der Waals surface area contributed by atoms with Crippen LogP contribution in [0.1, 0.15) is 64.5 Å². The summed E-state index contributed by atoms with van der Waals surface area (Å²) in [4.78, 5) is 12.8. The number of nitrogens with zero attached hydrogens (tertiary/aromatic N) is 1. The second-order valence-corrected chi connectivity index (χ2v) is 9.99. The zero-order valence-electron chi connectivity index (χ0n) is 22.0. The number of benzene rings is 4. The molecule has 4 aromatic carbocycles. The number of hydrogen-bond donors (Lipinski definition) is 1. The van der Waals surface area contributed by atoms with Crippen LogP contribution in [-0.4, -0.2) is 14.7 Å². The summed E-state index contributed by atoms with van der Waals surface area (Å²) in [6.45, 7) is 6.54. The molecule has 0 aliphatic carbocycles. The fourth-order valence-electron chi connectivity index (χ4n) is 3.73. The second kappa shape index (κ2) is 17.1. The Labute approximate surface area is 253 Å². The molecule has 0 aliphatic heterocycles. The van der Waals surface area contributed by atoms with Crippen LogP contribution in [0, 0.1) is 6.92 Å². The molecule has 0 aliphatic rings. The van der Waals surface area contributed by atoms with Gasteiger partial charge < -0.3 is 20.4 Å². The van der Waals surface area contributed by atoms with Crippen molar-refractivity contribution in [1.82, 2.24) is 0 Å². The van der Waals surface area contributed by atoms with Gasteiger partial charge in [-0.1, -0.05) is 128 Å². The van der Waals surface area contributed by atoms with Crippen LogP contribution in [0.3, 0.4) is 0 Å². The monoisotopic (exact) mass is 650 g/mol. The van der Waals surface area contributed by atoms with E-state index in [0.717, 1.165) is 11.1 Å². The molecule has 2 N–H and O–H groups in total. The number of nitrogens with two attached hydrogens (primary N) is 1. The van der Waals surface area contributed by atoms with E-state index in [1.807, 2.05) is 60.7 Å². The van der Waals surface area contributed by atoms with Gasteiger partial charge in [0.15, 0.2) is 0 Å². The minimum Gasteiger partial charge on any atom is -0.768 e. The van der Waals surface area contributed by atoms with Crippen molar-refractivity contribution >= 4 is 29.4 Å². The molecule has 0 heterocycles. The summed E-state index contributed by atoms with van der Waals surface area (Å²) in [5, 5.41) is 4.35. The molecule has 0 aromatic heterocycles. The molecule has 0 fully saturated rings. The van der Waals surface area contributed by atoms with Gasteiger partial charge in [-0.15, -0.1) is 12.4 Å². The van der Waals surface area contributed by atoms with E-state index >= 15 is 0 Å². The molecule has 0 saturated carbocycles. The fourth-order valence-corrected chi connectivity index (χ4v) is 4.09. The molecule has 39 heavy (non-hydrogen) atoms. The van der Waals surface area contributed by atoms with E-state index in [4.69, 9.17) is 5.73 Å². The number of rotatable bonds is 7. The number of hydrogen-bond acceptors (Lipinski definition) is 4. The fraction of sp³-hybridized carbons (Fsp3) is 0.194. The van der Waals surface area contributed by atoms with Gasteiger partial charge in [-0.2, -0.15) is 0 Å². The van der Waals surface area contributed by atoms with Gasteiger partial charge in [0.25, 0.3) is 0 Å². The molecule has 8 heteroatoms. The minimum absolute atomic E-state index is 0. The van der Waals surface area contributed by atoms with Crippen molar-refractivity contribution in [1.29, 1.82) is 0 Å². The van der Waals surface area contributed by atoms with Crippen LogP contribution in [0.15, 0.2) is 114 Å². The molecule has 0 radical (unpaired) electrons. The first-order valence-electron chi connectivity index (χ1n) is 12.1. The van der Waals surface area contributed by atoms with Crippen molar-refractivity contribution in [3.8, 4) is 0 Å². The van der Waals surface area contributed by atoms with Crippen LogP contribution in [-0.2, 0) is 30.6 Å². The molecule has 0 spiro atoms. The van der Waals surface area contributed by atoms with Crippen molar-refractivity contribution in [3.63, 3.8) is 0 Å². The molecular weight excluding hydrogens is 617 g/mol. The third-order valence-corrected chi connectivity index (χ3v) is 6.62. The van der Waals surface area contributed by atoms with E-state index in [2.05, 4.69) is 50.4 Å². The summed E-state index contributed by atoms with van der Waals surface area (Å²) in [7, 11) is 0. The van der Waals surface area contributed by atoms with Crippen LogP contribution >= 0.6 is 12.4 Å². The summed E-state index contributed by atoms with van der Waals surface area (Å²) in [5.74, 6) is 0.207. The Hall–Kier alpha value is -2.67. The summed E-state index contributed by atoms with van der Waals surface area (Å²) in [5.41, 5.74) is 11.2. The first kappa shape index (κ1) is 34.4. The maximum Gasteiger partial charge on any atom is 2.00 e. The predicted octanol–water partition coefficient (Wildman–Crippen LogP) is 7.42. The Bertz CT molecular complexity index is 1290. The van der Waals surface area contributed by atoms with Gasteiger partial charge in [0.05, 0.1) is 5.91 Å². The zero-order valence-corrected chi connectivity index (χ0v) is 25.4. The first-order valence-corrected chi connectivity index (χ1v) is 13.2. The molecule has 5 nitrogen and oxygen atoms in total. The van der Waals surface area contributed by atoms with E-state index in [0.29, 0.717) is 11.5 Å². The Kier molecular flexibility index (Phi) is 15.1. The summed E-state index contributed by atoms with van der Waals surface area (Å²) in [6.07, 6.45) is 0. The van der Waals surface area contributed by atoms with Gasteiger partial charge in [0.1, 0.15) is 0 Å². The maximum atomic E-state index is 12.7. The van der Waals surface area contributed by atoms with Gasteiger partial charge in [-0.05, 0) is 52.7 Å². The zero-order chi connectivity index (χ0) is 26.8. The quantitative estimate of drug-likeness (QED) is 0.166. The maximum absolute atomic E-state index is 12.7. The van der Waals surface area contributed by atoms with Crippen LogP contribution in [0.4, 0.5) is 0 Å². The Balaban J connectivity index is 0.000000538. The Morgan fingerprint density at radius 3 is 1.72 bits per heavy atom. The number of aryl methyl sites for hydroxylation is 1. The van der Waals surface area contributed by atoms with Crippen LogP contribution < -0.4 is 5.73 Å². The van der Waals surface area contributed by atoms with E-state index in [-0.39, 0.29) is 36.8 Å². The van der Waals surface area contributed by atoms with Crippen molar-refractivity contribution in [2.24, 2.45) is 5.73 Å². The normalized spacial score (nSPS) is 12.5. The molecule has 0 saturated heterocycles. The SMILES string of the molecule is Cc1ccc(C(C)C)cc1.Cl.N[C@@H](c1ccccc1)[C@@H]([N-]C(=O)c1ccc(S(=O)[O-])cc1)c1ccccc1.[Ru+2]. The van der Waals surface area contributed by atoms with Gasteiger partial charge in [-0.25, -0.2) is 0 Å². The molecule has 1 unspecified atom stereocenters. The predicted molar refractivity (Wildman–Crippen MR) is 156 cm³/mol. The van der Waals surface area contributed by atoms with Crippen LogP contribution in [0.2, 0.25) is 0 Å². The number of amides is 1. The van der Waals surface area contributed by atoms with Gasteiger partial charge >= 0.3 is 19.5 Å². The van der Waals surface area contributed by atoms with E-state index < -0.39 is 29.1 Å². The van der Waals surface area contributed by atoms with Crippen molar-refractivity contribution < 1.29 is 33.0 Å². The van der Waals surface area contributed by atoms with Crippen LogP contribution in [0.5, 0.6) is 0 Å². The van der Waals surface area contributed by atoms with Crippen molar-refractivity contribution in [2.45, 2.75) is 43.7 Å². The molecule has 4 rings (SSSR count). The third-order valence-electron chi connectivity index (χ3n) is 5.96. The summed E-state index contributed by atoms with van der Waals surface area (Å²) in [6, 6.07) is 32.2. The van der Waals surface area contributed by atoms with Gasteiger partial charge in [0.2, 0.25) is 0 Å². The summed E-state index contributed by atoms with van der Waals surface area (Å²) >= 11 is -2.34. The number of halogens is 1. The molecule has 0 bridgehead atoms. The average molecular weight is 650 g/mol. The molecular formula is C31H33ClN2O3RuS.